The third-order valence-corrected chi connectivity index (χ3v) is 11.8. The Kier molecular flexibility index (Phi) is 4.64. The molecule has 5 nitrogen and oxygen atoms in total. The molecule has 35 heavy (non-hydrogen) atoms. The maximum atomic E-state index is 14.6. The number of hydrogen-bond donors (Lipinski definition) is 0. The Morgan fingerprint density at radius 2 is 1.17 bits per heavy atom. The molecule has 0 aromatic heterocycles. The van der Waals surface area contributed by atoms with Crippen LogP contribution in [0.5, 0.6) is 5.75 Å². The summed E-state index contributed by atoms with van der Waals surface area (Å²) in [7, 11) is -5.83. The molecule has 0 aliphatic heterocycles. The molecule has 0 spiro atoms. The topological polar surface area (TPSA) is 83.5 Å². The number of benzene rings is 1. The number of carbonyl (C=O) groups is 1. The molecule has 0 saturated heterocycles. The summed E-state index contributed by atoms with van der Waals surface area (Å²) in [4.78, 5) is 11.1. The summed E-state index contributed by atoms with van der Waals surface area (Å²) in [6, 6.07) is 0. The van der Waals surface area contributed by atoms with E-state index in [-0.39, 0.29) is 5.92 Å². The molecule has 7 aliphatic carbocycles. The molecule has 0 heterocycles. The minimum absolute atomic E-state index is 0.0372. The van der Waals surface area contributed by atoms with Crippen LogP contribution in [0, 0.1) is 88.4 Å². The number of rotatable bonds is 3. The lowest BCUT2D eigenvalue weighted by molar-refractivity contribution is -0.175. The Hall–Kier alpha value is -1.68. The standard InChI is InChI=1S/C25H26F4O5S/c26-19-21(28)24(35(31,32)33)22(29)20(27)23(19)34-25(30)13-7-12-14-8-1-3-10(5-8)16(14)18(13)17-11-4-2-9(6-11)15(12)17/h8-18H,1-7H2,(H,31,32,33)/p-1. The second-order valence-corrected chi connectivity index (χ2v) is 13.2. The fourth-order valence-corrected chi connectivity index (χ4v) is 10.9. The smallest absolute Gasteiger partial charge is 0.314 e. The molecule has 1 aromatic rings. The van der Waals surface area contributed by atoms with Crippen LogP contribution in [-0.2, 0) is 14.9 Å². The zero-order chi connectivity index (χ0) is 24.5. The van der Waals surface area contributed by atoms with Crippen LogP contribution < -0.4 is 4.74 Å². The summed E-state index contributed by atoms with van der Waals surface area (Å²) in [5.41, 5.74) is 0. The molecule has 6 bridgehead atoms. The molecular weight excluding hydrogens is 488 g/mol. The first-order valence-electron chi connectivity index (χ1n) is 12.6. The van der Waals surface area contributed by atoms with Crippen LogP contribution >= 0.6 is 0 Å². The van der Waals surface area contributed by atoms with E-state index in [1.54, 1.807) is 0 Å². The van der Waals surface area contributed by atoms with Gasteiger partial charge in [-0.1, -0.05) is 0 Å². The summed E-state index contributed by atoms with van der Waals surface area (Å²) >= 11 is 0. The second-order valence-electron chi connectivity index (χ2n) is 11.8. The Morgan fingerprint density at radius 1 is 0.714 bits per heavy atom. The van der Waals surface area contributed by atoms with E-state index in [0.29, 0.717) is 59.7 Å². The molecular formula is C25H25F4O5S-. The molecule has 0 N–H and O–H groups in total. The highest BCUT2D eigenvalue weighted by molar-refractivity contribution is 7.85. The number of halogens is 4. The minimum atomic E-state index is -5.83. The van der Waals surface area contributed by atoms with Gasteiger partial charge in [0.05, 0.1) is 5.92 Å². The van der Waals surface area contributed by atoms with Crippen LogP contribution in [0.25, 0.3) is 0 Å². The van der Waals surface area contributed by atoms with E-state index in [4.69, 9.17) is 4.74 Å². The fourth-order valence-electron chi connectivity index (χ4n) is 10.3. The first-order chi connectivity index (χ1) is 16.6. The largest absolute Gasteiger partial charge is 0.744 e. The zero-order valence-electron chi connectivity index (χ0n) is 18.8. The van der Waals surface area contributed by atoms with Gasteiger partial charge in [0.15, 0.2) is 11.6 Å². The van der Waals surface area contributed by atoms with Gasteiger partial charge in [-0.15, -0.1) is 0 Å². The summed E-state index contributed by atoms with van der Waals surface area (Å²) < 4.78 is 95.9. The van der Waals surface area contributed by atoms with E-state index in [0.717, 1.165) is 12.8 Å². The number of esters is 1. The molecule has 8 rings (SSSR count). The minimum Gasteiger partial charge on any atom is -0.744 e. The molecule has 9 unspecified atom stereocenters. The van der Waals surface area contributed by atoms with Crippen molar-refractivity contribution >= 4 is 16.1 Å². The normalized spacial score (nSPS) is 44.5. The molecule has 10 heteroatoms. The van der Waals surface area contributed by atoms with E-state index in [1.165, 1.54) is 25.7 Å². The van der Waals surface area contributed by atoms with Gasteiger partial charge in [-0.05, 0) is 104 Å². The molecule has 1 aromatic carbocycles. The van der Waals surface area contributed by atoms with Gasteiger partial charge in [0.2, 0.25) is 17.4 Å². The van der Waals surface area contributed by atoms with Crippen LogP contribution in [-0.4, -0.2) is 18.9 Å². The second kappa shape index (κ2) is 7.21. The van der Waals surface area contributed by atoms with Gasteiger partial charge in [0, 0.05) is 0 Å². The summed E-state index contributed by atoms with van der Waals surface area (Å²) in [5, 5.41) is 0. The molecule has 190 valence electrons. The van der Waals surface area contributed by atoms with Crippen molar-refractivity contribution < 1.29 is 40.1 Å². The Morgan fingerprint density at radius 3 is 1.63 bits per heavy atom. The predicted molar refractivity (Wildman–Crippen MR) is 111 cm³/mol. The molecule has 7 fully saturated rings. The van der Waals surface area contributed by atoms with Crippen LogP contribution in [0.15, 0.2) is 4.90 Å². The lowest BCUT2D eigenvalue weighted by Crippen LogP contribution is -2.59. The van der Waals surface area contributed by atoms with Crippen molar-refractivity contribution in [1.29, 1.82) is 0 Å². The van der Waals surface area contributed by atoms with Crippen molar-refractivity contribution in [3.8, 4) is 5.75 Å². The van der Waals surface area contributed by atoms with Crippen molar-refractivity contribution in [2.45, 2.75) is 49.8 Å². The average Bonchev–Trinajstić information content (AvgIpc) is 3.61. The Bertz CT molecular complexity index is 1190. The van der Waals surface area contributed by atoms with Gasteiger partial charge in [-0.25, -0.2) is 17.2 Å². The summed E-state index contributed by atoms with van der Waals surface area (Å²) in [6.07, 6.45) is 7.60. The number of carbonyl (C=O) groups excluding carboxylic acids is 1. The first-order valence-corrected chi connectivity index (χ1v) is 14.0. The lowest BCUT2D eigenvalue weighted by Gasteiger charge is -2.62. The fraction of sp³-hybridized carbons (Fsp3) is 0.720. The van der Waals surface area contributed by atoms with Crippen molar-refractivity contribution in [2.75, 3.05) is 0 Å². The highest BCUT2D eigenvalue weighted by Gasteiger charge is 2.70. The maximum absolute atomic E-state index is 14.6. The van der Waals surface area contributed by atoms with Gasteiger partial charge in [-0.3, -0.25) is 4.79 Å². The van der Waals surface area contributed by atoms with Gasteiger partial charge in [-0.2, -0.15) is 8.78 Å². The summed E-state index contributed by atoms with van der Waals surface area (Å²) in [6.45, 7) is 0. The van der Waals surface area contributed by atoms with Crippen LogP contribution in [0.3, 0.4) is 0 Å². The van der Waals surface area contributed by atoms with Crippen molar-refractivity contribution in [3.63, 3.8) is 0 Å². The van der Waals surface area contributed by atoms with E-state index >= 15 is 0 Å². The van der Waals surface area contributed by atoms with Crippen LogP contribution in [0.1, 0.15) is 44.9 Å². The number of fused-ring (bicyclic) bond motifs is 5. The quantitative estimate of drug-likeness (QED) is 0.193. The molecule has 7 aliphatic rings. The monoisotopic (exact) mass is 513 g/mol. The van der Waals surface area contributed by atoms with E-state index in [2.05, 4.69) is 0 Å². The number of hydrogen-bond acceptors (Lipinski definition) is 5. The van der Waals surface area contributed by atoms with Gasteiger partial charge in [0.25, 0.3) is 0 Å². The van der Waals surface area contributed by atoms with Crippen molar-refractivity contribution in [2.24, 2.45) is 65.1 Å². The third kappa shape index (κ3) is 2.84. The van der Waals surface area contributed by atoms with E-state index < -0.39 is 55.9 Å². The van der Waals surface area contributed by atoms with Crippen molar-refractivity contribution in [3.05, 3.63) is 23.3 Å². The lowest BCUT2D eigenvalue weighted by atomic mass is 9.42. The van der Waals surface area contributed by atoms with Crippen molar-refractivity contribution in [1.82, 2.24) is 0 Å². The highest BCUT2D eigenvalue weighted by atomic mass is 32.2. The Labute approximate surface area is 200 Å². The summed E-state index contributed by atoms with van der Waals surface area (Å²) in [5.74, 6) is -7.57. The van der Waals surface area contributed by atoms with Crippen LogP contribution in [0.2, 0.25) is 0 Å². The molecule has 7 saturated carbocycles. The van der Waals surface area contributed by atoms with Crippen LogP contribution in [0.4, 0.5) is 17.6 Å². The van der Waals surface area contributed by atoms with Gasteiger partial charge < -0.3 is 9.29 Å². The van der Waals surface area contributed by atoms with E-state index in [1.807, 2.05) is 0 Å². The molecule has 0 radical (unpaired) electrons. The third-order valence-electron chi connectivity index (χ3n) is 10.9. The predicted octanol–water partition coefficient (Wildman–Crippen LogP) is 4.64. The number of ether oxygens (including phenoxy) is 1. The average molecular weight is 514 g/mol. The highest BCUT2D eigenvalue weighted by Crippen LogP contribution is 2.75. The first kappa shape index (κ1) is 22.5. The maximum Gasteiger partial charge on any atom is 0.314 e. The zero-order valence-corrected chi connectivity index (χ0v) is 19.6. The van der Waals surface area contributed by atoms with E-state index in [9.17, 15) is 35.3 Å². The molecule has 9 atom stereocenters. The molecule has 0 amide bonds. The van der Waals surface area contributed by atoms with Gasteiger partial charge >= 0.3 is 5.97 Å². The SMILES string of the molecule is O=C(Oc1c(F)c(F)c(S(=O)(=O)[O-])c(F)c1F)C1CC2C3C4CCC(C4)C3C1C1C3CCC(C3)C21. The Balaban J connectivity index is 1.25. The van der Waals surface area contributed by atoms with Gasteiger partial charge in [0.1, 0.15) is 15.0 Å².